The second kappa shape index (κ2) is 5.27. The van der Waals surface area contributed by atoms with Crippen LogP contribution in [0, 0.1) is 0 Å². The average molecular weight is 270 g/mol. The summed E-state index contributed by atoms with van der Waals surface area (Å²) in [7, 11) is 1.33. The van der Waals surface area contributed by atoms with Gasteiger partial charge in [-0.15, -0.1) is 11.6 Å². The van der Waals surface area contributed by atoms with Gasteiger partial charge in [-0.25, -0.2) is 4.79 Å². The van der Waals surface area contributed by atoms with Crippen LogP contribution in [0.2, 0.25) is 0 Å². The molecule has 1 unspecified atom stereocenters. The molecule has 0 saturated carbocycles. The van der Waals surface area contributed by atoms with E-state index < -0.39 is 5.76 Å². The van der Waals surface area contributed by atoms with Crippen LogP contribution in [-0.4, -0.2) is 23.4 Å². The van der Waals surface area contributed by atoms with Crippen LogP contribution < -0.4 is 5.76 Å². The fourth-order valence-corrected chi connectivity index (χ4v) is 2.01. The molecule has 2 rings (SSSR count). The molecule has 0 fully saturated rings. The number of aromatic amines is 1. The van der Waals surface area contributed by atoms with Crippen LogP contribution in [-0.2, 0) is 16.0 Å². The van der Waals surface area contributed by atoms with Gasteiger partial charge in [0.25, 0.3) is 0 Å². The second-order valence-electron chi connectivity index (χ2n) is 3.93. The molecular weight excluding hydrogens is 258 g/mol. The zero-order valence-electron chi connectivity index (χ0n) is 9.73. The molecule has 6 heteroatoms. The molecule has 1 aromatic heterocycles. The number of esters is 1. The highest BCUT2D eigenvalue weighted by Crippen LogP contribution is 2.17. The molecule has 96 valence electrons. The van der Waals surface area contributed by atoms with Crippen molar-refractivity contribution in [2.45, 2.75) is 18.2 Å². The fourth-order valence-electron chi connectivity index (χ4n) is 1.71. The Morgan fingerprint density at radius 2 is 2.33 bits per heavy atom. The van der Waals surface area contributed by atoms with Gasteiger partial charge in [-0.2, -0.15) is 0 Å². The number of hydrogen-bond donors (Lipinski definition) is 1. The summed E-state index contributed by atoms with van der Waals surface area (Å²) in [6.07, 6.45) is 0.647. The minimum atomic E-state index is -0.487. The Bertz CT molecular complexity index is 616. The van der Waals surface area contributed by atoms with E-state index in [0.29, 0.717) is 17.5 Å². The molecule has 0 spiro atoms. The fraction of sp³-hybridized carbons (Fsp3) is 0.333. The lowest BCUT2D eigenvalue weighted by atomic mass is 10.1. The van der Waals surface area contributed by atoms with Crippen molar-refractivity contribution in [1.29, 1.82) is 0 Å². The van der Waals surface area contributed by atoms with Gasteiger partial charge in [0.15, 0.2) is 5.58 Å². The summed E-state index contributed by atoms with van der Waals surface area (Å²) >= 11 is 6.04. The highest BCUT2D eigenvalue weighted by molar-refractivity contribution is 6.21. The van der Waals surface area contributed by atoms with Gasteiger partial charge >= 0.3 is 11.7 Å². The molecule has 1 heterocycles. The predicted molar refractivity (Wildman–Crippen MR) is 66.8 cm³/mol. The van der Waals surface area contributed by atoms with Crippen molar-refractivity contribution in [3.05, 3.63) is 34.3 Å². The van der Waals surface area contributed by atoms with E-state index in [4.69, 9.17) is 16.0 Å². The first-order valence-corrected chi connectivity index (χ1v) is 5.85. The van der Waals surface area contributed by atoms with Crippen LogP contribution in [0.3, 0.4) is 0 Å². The summed E-state index contributed by atoms with van der Waals surface area (Å²) in [6.45, 7) is 0. The van der Waals surface area contributed by atoms with Crippen molar-refractivity contribution < 1.29 is 13.9 Å². The Morgan fingerprint density at radius 1 is 1.56 bits per heavy atom. The lowest BCUT2D eigenvalue weighted by molar-refractivity contribution is -0.140. The van der Waals surface area contributed by atoms with E-state index in [1.54, 1.807) is 12.1 Å². The first-order valence-electron chi connectivity index (χ1n) is 5.41. The number of halogens is 1. The number of carbonyl (C=O) groups is 1. The Kier molecular flexibility index (Phi) is 3.72. The molecule has 2 aromatic rings. The molecule has 1 atom stereocenters. The van der Waals surface area contributed by atoms with Crippen molar-refractivity contribution in [3.63, 3.8) is 0 Å². The van der Waals surface area contributed by atoms with Crippen molar-refractivity contribution in [2.24, 2.45) is 0 Å². The van der Waals surface area contributed by atoms with Crippen molar-refractivity contribution in [1.82, 2.24) is 4.98 Å². The monoisotopic (exact) mass is 269 g/mol. The number of ether oxygens (including phenoxy) is 1. The van der Waals surface area contributed by atoms with Gasteiger partial charge in [-0.3, -0.25) is 9.78 Å². The molecular formula is C12H12ClNO4. The van der Waals surface area contributed by atoms with Crippen LogP contribution in [0.25, 0.3) is 11.1 Å². The molecule has 0 aliphatic carbocycles. The number of carbonyl (C=O) groups excluding carboxylic acids is 1. The Hall–Kier alpha value is -1.75. The molecule has 18 heavy (non-hydrogen) atoms. The molecule has 0 bridgehead atoms. The summed E-state index contributed by atoms with van der Waals surface area (Å²) < 4.78 is 9.49. The topological polar surface area (TPSA) is 72.3 Å². The van der Waals surface area contributed by atoms with Crippen molar-refractivity contribution in [3.8, 4) is 0 Å². The minimum Gasteiger partial charge on any atom is -0.469 e. The normalized spacial score (nSPS) is 12.6. The quantitative estimate of drug-likeness (QED) is 0.679. The highest BCUT2D eigenvalue weighted by atomic mass is 35.5. The Balaban J connectivity index is 2.11. The maximum Gasteiger partial charge on any atom is 0.417 e. The van der Waals surface area contributed by atoms with E-state index in [2.05, 4.69) is 9.72 Å². The van der Waals surface area contributed by atoms with Gasteiger partial charge in [-0.05, 0) is 24.1 Å². The smallest absolute Gasteiger partial charge is 0.417 e. The first kappa shape index (κ1) is 12.7. The summed E-state index contributed by atoms with van der Waals surface area (Å²) in [5.74, 6) is -0.830. The van der Waals surface area contributed by atoms with Gasteiger partial charge < -0.3 is 9.15 Å². The van der Waals surface area contributed by atoms with Crippen molar-refractivity contribution in [2.75, 3.05) is 7.11 Å². The Morgan fingerprint density at radius 3 is 3.06 bits per heavy atom. The summed E-state index contributed by atoms with van der Waals surface area (Å²) in [5.41, 5.74) is 2.02. The standard InChI is InChI=1S/C12H12ClNO4/c1-17-11(15)6-8(13)4-7-2-3-9-10(5-7)18-12(16)14-9/h2-3,5,8H,4,6H2,1H3,(H,14,16). The molecule has 0 aliphatic rings. The number of benzene rings is 1. The average Bonchev–Trinajstić information content (AvgIpc) is 2.68. The van der Waals surface area contributed by atoms with E-state index in [9.17, 15) is 9.59 Å². The molecule has 0 saturated heterocycles. The van der Waals surface area contributed by atoms with Gasteiger partial charge in [0.05, 0.1) is 19.0 Å². The third-order valence-corrected chi connectivity index (χ3v) is 2.87. The molecule has 1 aromatic carbocycles. The first-order chi connectivity index (χ1) is 8.58. The lowest BCUT2D eigenvalue weighted by Gasteiger charge is -2.07. The molecule has 1 N–H and O–H groups in total. The second-order valence-corrected chi connectivity index (χ2v) is 4.54. The summed E-state index contributed by atoms with van der Waals surface area (Å²) in [5, 5.41) is -0.347. The number of oxazole rings is 1. The van der Waals surface area contributed by atoms with Gasteiger partial charge in [0.2, 0.25) is 0 Å². The van der Waals surface area contributed by atoms with Crippen LogP contribution >= 0.6 is 11.6 Å². The van der Waals surface area contributed by atoms with Crippen LogP contribution in [0.4, 0.5) is 0 Å². The zero-order valence-corrected chi connectivity index (χ0v) is 10.5. The molecule has 0 amide bonds. The van der Waals surface area contributed by atoms with E-state index in [-0.39, 0.29) is 17.8 Å². The predicted octanol–water partition coefficient (Wildman–Crippen LogP) is 1.83. The van der Waals surface area contributed by atoms with E-state index in [1.165, 1.54) is 7.11 Å². The summed E-state index contributed by atoms with van der Waals surface area (Å²) in [4.78, 5) is 24.6. The number of rotatable bonds is 4. The number of alkyl halides is 1. The number of fused-ring (bicyclic) bond motifs is 1. The number of hydrogen-bond acceptors (Lipinski definition) is 4. The van der Waals surface area contributed by atoms with Crippen LogP contribution in [0.1, 0.15) is 12.0 Å². The third-order valence-electron chi connectivity index (χ3n) is 2.56. The third kappa shape index (κ3) is 2.92. The molecule has 0 aliphatic heterocycles. The van der Waals surface area contributed by atoms with E-state index >= 15 is 0 Å². The number of nitrogens with one attached hydrogen (secondary N) is 1. The van der Waals surface area contributed by atoms with Gasteiger partial charge in [0.1, 0.15) is 0 Å². The SMILES string of the molecule is COC(=O)CC(Cl)Cc1ccc2[nH]c(=O)oc2c1. The van der Waals surface area contributed by atoms with E-state index in [0.717, 1.165) is 5.56 Å². The lowest BCUT2D eigenvalue weighted by Crippen LogP contribution is -2.12. The number of methoxy groups -OCH3 is 1. The molecule has 0 radical (unpaired) electrons. The zero-order chi connectivity index (χ0) is 13.1. The number of aromatic nitrogens is 1. The maximum atomic E-state index is 11.1. The molecule has 5 nitrogen and oxygen atoms in total. The van der Waals surface area contributed by atoms with Crippen LogP contribution in [0.5, 0.6) is 0 Å². The van der Waals surface area contributed by atoms with Crippen molar-refractivity contribution >= 4 is 28.7 Å². The summed E-state index contributed by atoms with van der Waals surface area (Å²) in [6, 6.07) is 5.32. The minimum absolute atomic E-state index is 0.146. The van der Waals surface area contributed by atoms with Gasteiger partial charge in [0, 0.05) is 5.38 Å². The van der Waals surface area contributed by atoms with Gasteiger partial charge in [-0.1, -0.05) is 6.07 Å². The van der Waals surface area contributed by atoms with Crippen LogP contribution in [0.15, 0.2) is 27.4 Å². The highest BCUT2D eigenvalue weighted by Gasteiger charge is 2.13. The maximum absolute atomic E-state index is 11.1. The van der Waals surface area contributed by atoms with E-state index in [1.807, 2.05) is 6.07 Å². The largest absolute Gasteiger partial charge is 0.469 e. The number of H-pyrrole nitrogens is 1. The Labute approximate surface area is 108 Å².